The van der Waals surface area contributed by atoms with E-state index in [1.165, 1.54) is 13.9 Å². The summed E-state index contributed by atoms with van der Waals surface area (Å²) in [6.07, 6.45) is 3.02. The zero-order chi connectivity index (χ0) is 35.3. The summed E-state index contributed by atoms with van der Waals surface area (Å²) < 4.78 is 40.0. The topological polar surface area (TPSA) is 112 Å². The summed E-state index contributed by atoms with van der Waals surface area (Å²) in [5, 5.41) is 4.87. The van der Waals surface area contributed by atoms with Crippen LogP contribution in [0.3, 0.4) is 0 Å². The second kappa shape index (κ2) is 13.3. The maximum atomic E-state index is 14.1. The van der Waals surface area contributed by atoms with E-state index in [4.69, 9.17) is 22.1 Å². The molecule has 7 rings (SSSR count). The lowest BCUT2D eigenvalue weighted by atomic mass is 10.1. The fraction of sp³-hybridized carbons (Fsp3) is 0.222. The average Bonchev–Trinajstić information content (AvgIpc) is 3.72. The molecule has 11 nitrogen and oxygen atoms in total. The Morgan fingerprint density at radius 2 is 1.56 bits per heavy atom. The summed E-state index contributed by atoms with van der Waals surface area (Å²) in [6, 6.07) is 25.4. The lowest BCUT2D eigenvalue weighted by Gasteiger charge is -2.34. The third-order valence-corrected chi connectivity index (χ3v) is 11.9. The van der Waals surface area contributed by atoms with Gasteiger partial charge in [-0.2, -0.15) is 9.40 Å². The predicted molar refractivity (Wildman–Crippen MR) is 199 cm³/mol. The standard InChI is InChI=1S/C36H34N6O5S3/c1-23-20-39(21-24(2)47-23)50(45,46)30-17-11-12-26(18-30)32-27(22-40(37-32)28-13-7-5-8-14-28)19-31-34(43)41(36(48)49-31)33-25(3)38(4)42(35(33)44)29-15-9-6-10-16-29/h5-19,22-24H,20-21H2,1-4H3/b31-19-. The van der Waals surface area contributed by atoms with Crippen LogP contribution >= 0.6 is 24.0 Å². The summed E-state index contributed by atoms with van der Waals surface area (Å²) in [7, 11) is -2.07. The highest BCUT2D eigenvalue weighted by Crippen LogP contribution is 2.38. The Labute approximate surface area is 299 Å². The van der Waals surface area contributed by atoms with E-state index in [-0.39, 0.29) is 45.8 Å². The highest BCUT2D eigenvalue weighted by atomic mass is 32.2. The molecule has 1 amide bonds. The van der Waals surface area contributed by atoms with Crippen molar-refractivity contribution in [2.75, 3.05) is 18.0 Å². The molecular weight excluding hydrogens is 693 g/mol. The quantitative estimate of drug-likeness (QED) is 0.159. The number of sulfonamides is 1. The molecule has 2 aromatic heterocycles. The highest BCUT2D eigenvalue weighted by Gasteiger charge is 2.38. The van der Waals surface area contributed by atoms with Crippen LogP contribution in [0, 0.1) is 6.92 Å². The molecule has 0 saturated carbocycles. The molecule has 2 fully saturated rings. The first kappa shape index (κ1) is 33.9. The van der Waals surface area contributed by atoms with Gasteiger partial charge in [-0.15, -0.1) is 0 Å². The van der Waals surface area contributed by atoms with Crippen LogP contribution in [0.25, 0.3) is 28.7 Å². The molecule has 256 valence electrons. The molecule has 4 heterocycles. The van der Waals surface area contributed by atoms with Gasteiger partial charge in [0, 0.05) is 37.5 Å². The number of hydrogen-bond acceptors (Lipinski definition) is 8. The van der Waals surface area contributed by atoms with E-state index in [0.717, 1.165) is 17.4 Å². The number of benzene rings is 3. The van der Waals surface area contributed by atoms with E-state index in [2.05, 4.69) is 0 Å². The van der Waals surface area contributed by atoms with E-state index < -0.39 is 15.9 Å². The van der Waals surface area contributed by atoms with Crippen molar-refractivity contribution in [3.63, 3.8) is 0 Å². The molecule has 2 saturated heterocycles. The number of carbonyl (C=O) groups excluding carboxylic acids is 1. The molecule has 0 radical (unpaired) electrons. The molecule has 0 bridgehead atoms. The van der Waals surface area contributed by atoms with Crippen molar-refractivity contribution in [1.29, 1.82) is 0 Å². The Morgan fingerprint density at radius 3 is 2.22 bits per heavy atom. The normalized spacial score (nSPS) is 19.5. The van der Waals surface area contributed by atoms with Gasteiger partial charge in [0.1, 0.15) is 11.4 Å². The van der Waals surface area contributed by atoms with Crippen molar-refractivity contribution in [3.8, 4) is 22.6 Å². The number of nitrogens with zero attached hydrogens (tertiary/aromatic N) is 6. The van der Waals surface area contributed by atoms with Gasteiger partial charge >= 0.3 is 0 Å². The number of rotatable bonds is 7. The van der Waals surface area contributed by atoms with Gasteiger partial charge in [-0.25, -0.2) is 17.8 Å². The summed E-state index contributed by atoms with van der Waals surface area (Å²) in [5.41, 5.74) is 3.45. The summed E-state index contributed by atoms with van der Waals surface area (Å²) in [5.74, 6) is -0.434. The molecule has 2 unspecified atom stereocenters. The largest absolute Gasteiger partial charge is 0.373 e. The van der Waals surface area contributed by atoms with Gasteiger partial charge in [0.15, 0.2) is 4.32 Å². The van der Waals surface area contributed by atoms with Crippen molar-refractivity contribution >= 4 is 56.0 Å². The van der Waals surface area contributed by atoms with Crippen molar-refractivity contribution in [2.45, 2.75) is 37.9 Å². The summed E-state index contributed by atoms with van der Waals surface area (Å²) >= 11 is 6.79. The second-order valence-corrected chi connectivity index (χ2v) is 15.9. The van der Waals surface area contributed by atoms with Gasteiger partial charge in [-0.1, -0.05) is 72.5 Å². The van der Waals surface area contributed by atoms with Crippen molar-refractivity contribution < 1.29 is 17.9 Å². The van der Waals surface area contributed by atoms with E-state index >= 15 is 0 Å². The monoisotopic (exact) mass is 726 g/mol. The van der Waals surface area contributed by atoms with Crippen LogP contribution in [-0.4, -0.2) is 67.4 Å². The number of thioether (sulfide) groups is 1. The fourth-order valence-electron chi connectivity index (χ4n) is 6.32. The zero-order valence-electron chi connectivity index (χ0n) is 27.8. The van der Waals surface area contributed by atoms with Gasteiger partial charge in [0.05, 0.1) is 39.1 Å². The number of hydrogen-bond donors (Lipinski definition) is 0. The van der Waals surface area contributed by atoms with E-state index in [0.29, 0.717) is 33.1 Å². The molecular formula is C36H34N6O5S3. The number of carbonyl (C=O) groups is 1. The Balaban J connectivity index is 1.30. The first-order valence-electron chi connectivity index (χ1n) is 16.0. The molecule has 2 aliphatic rings. The van der Waals surface area contributed by atoms with Crippen LogP contribution < -0.4 is 10.5 Å². The number of thiocarbonyl (C=S) groups is 1. The number of amides is 1. The molecule has 3 aromatic carbocycles. The van der Waals surface area contributed by atoms with Crippen LogP contribution in [0.15, 0.2) is 106 Å². The number of anilines is 1. The minimum absolute atomic E-state index is 0.136. The Kier molecular flexibility index (Phi) is 8.99. The van der Waals surface area contributed by atoms with Crippen LogP contribution in [0.2, 0.25) is 0 Å². The Hall–Kier alpha value is -4.60. The zero-order valence-corrected chi connectivity index (χ0v) is 30.2. The highest BCUT2D eigenvalue weighted by molar-refractivity contribution is 8.27. The summed E-state index contributed by atoms with van der Waals surface area (Å²) in [4.78, 5) is 29.6. The van der Waals surface area contributed by atoms with Crippen molar-refractivity contribution in [1.82, 2.24) is 23.4 Å². The van der Waals surface area contributed by atoms with Crippen LogP contribution in [0.4, 0.5) is 5.69 Å². The molecule has 0 aliphatic carbocycles. The number of aromatic nitrogens is 4. The lowest BCUT2D eigenvalue weighted by molar-refractivity contribution is -0.113. The van der Waals surface area contributed by atoms with E-state index in [9.17, 15) is 18.0 Å². The number of morpholine rings is 1. The van der Waals surface area contributed by atoms with Gasteiger partial charge in [-0.3, -0.25) is 19.2 Å². The molecule has 0 N–H and O–H groups in total. The van der Waals surface area contributed by atoms with Crippen LogP contribution in [0.5, 0.6) is 0 Å². The maximum Gasteiger partial charge on any atom is 0.296 e. The second-order valence-electron chi connectivity index (χ2n) is 12.2. The van der Waals surface area contributed by atoms with Gasteiger partial charge in [0.25, 0.3) is 11.5 Å². The van der Waals surface area contributed by atoms with Crippen LogP contribution in [-0.2, 0) is 26.6 Å². The van der Waals surface area contributed by atoms with Crippen LogP contribution in [0.1, 0.15) is 25.1 Å². The molecule has 50 heavy (non-hydrogen) atoms. The molecule has 0 spiro atoms. The van der Waals surface area contributed by atoms with Gasteiger partial charge in [0.2, 0.25) is 10.0 Å². The number of para-hydroxylation sites is 2. The molecule has 2 atom stereocenters. The first-order chi connectivity index (χ1) is 23.9. The van der Waals surface area contributed by atoms with E-state index in [1.807, 2.05) is 74.5 Å². The third kappa shape index (κ3) is 6.07. The Bertz CT molecular complexity index is 2320. The SMILES string of the molecule is Cc1c(N2C(=O)/C(=C/c3cn(-c4ccccc4)nc3-c3cccc(S(=O)(=O)N4CC(C)OC(C)C4)c3)SC2=S)c(=O)n(-c2ccccc2)n1C. The van der Waals surface area contributed by atoms with E-state index in [1.54, 1.807) is 59.9 Å². The predicted octanol–water partition coefficient (Wildman–Crippen LogP) is 5.54. The smallest absolute Gasteiger partial charge is 0.296 e. The molecule has 5 aromatic rings. The first-order valence-corrected chi connectivity index (χ1v) is 18.6. The summed E-state index contributed by atoms with van der Waals surface area (Å²) in [6.45, 7) is 6.00. The fourth-order valence-corrected chi connectivity index (χ4v) is 9.22. The maximum absolute atomic E-state index is 14.1. The Morgan fingerprint density at radius 1 is 0.920 bits per heavy atom. The number of ether oxygens (including phenoxy) is 1. The average molecular weight is 727 g/mol. The van der Waals surface area contributed by atoms with Crippen molar-refractivity contribution in [3.05, 3.63) is 118 Å². The van der Waals surface area contributed by atoms with Gasteiger partial charge < -0.3 is 4.74 Å². The van der Waals surface area contributed by atoms with Crippen molar-refractivity contribution in [2.24, 2.45) is 7.05 Å². The molecule has 14 heteroatoms. The molecule has 2 aliphatic heterocycles. The third-order valence-electron chi connectivity index (χ3n) is 8.72. The minimum Gasteiger partial charge on any atom is -0.373 e. The lowest BCUT2D eigenvalue weighted by Crippen LogP contribution is -2.48. The minimum atomic E-state index is -3.84. The van der Waals surface area contributed by atoms with Gasteiger partial charge in [-0.05, 0) is 63.2 Å².